The van der Waals surface area contributed by atoms with Gasteiger partial charge in [-0.15, -0.1) is 0 Å². The Morgan fingerprint density at radius 3 is 2.70 bits per heavy atom. The van der Waals surface area contributed by atoms with Crippen molar-refractivity contribution in [3.63, 3.8) is 0 Å². The van der Waals surface area contributed by atoms with Gasteiger partial charge >= 0.3 is 0 Å². The zero-order valence-electron chi connectivity index (χ0n) is 14.9. The second-order valence-corrected chi connectivity index (χ2v) is 6.82. The fraction of sp³-hybridized carbons (Fsp3) is 0.286. The van der Waals surface area contributed by atoms with E-state index >= 15 is 0 Å². The molecule has 0 aliphatic heterocycles. The Balaban J connectivity index is 1.61. The number of oxazole rings is 1. The average Bonchev–Trinajstić information content (AvgIpc) is 3.02. The molecule has 0 bridgehead atoms. The molecule has 1 atom stereocenters. The van der Waals surface area contributed by atoms with Gasteiger partial charge in [-0.05, 0) is 37.0 Å². The summed E-state index contributed by atoms with van der Waals surface area (Å²) >= 11 is 0. The molecule has 1 aliphatic carbocycles. The van der Waals surface area contributed by atoms with Crippen molar-refractivity contribution in [1.82, 2.24) is 4.98 Å². The maximum atomic E-state index is 12.7. The van der Waals surface area contributed by atoms with Crippen LogP contribution in [0.1, 0.15) is 35.2 Å². The highest BCUT2D eigenvalue weighted by atomic mass is 19.3. The highest BCUT2D eigenvalue weighted by molar-refractivity contribution is 5.65. The molecule has 0 unspecified atom stereocenters. The Morgan fingerprint density at radius 2 is 1.96 bits per heavy atom. The van der Waals surface area contributed by atoms with Gasteiger partial charge in [0.25, 0.3) is 12.4 Å². The number of nitrogens with zero attached hydrogens (tertiary/aromatic N) is 1. The number of hydrogen-bond acceptors (Lipinski definition) is 4. The van der Waals surface area contributed by atoms with Crippen LogP contribution in [0.3, 0.4) is 0 Å². The summed E-state index contributed by atoms with van der Waals surface area (Å²) in [5.74, 6) is 0.545. The molecule has 6 heteroatoms. The second-order valence-electron chi connectivity index (χ2n) is 6.82. The van der Waals surface area contributed by atoms with Crippen LogP contribution in [-0.2, 0) is 12.8 Å². The number of fused-ring (bicyclic) bond motifs is 1. The number of benzene rings is 2. The Morgan fingerprint density at radius 1 is 1.19 bits per heavy atom. The smallest absolute Gasteiger partial charge is 0.299 e. The minimum atomic E-state index is -2.49. The summed E-state index contributed by atoms with van der Waals surface area (Å²) in [6, 6.07) is 12.3. The minimum absolute atomic E-state index is 0.0243. The zero-order chi connectivity index (χ0) is 19.0. The summed E-state index contributed by atoms with van der Waals surface area (Å²) in [5.41, 5.74) is 4.51. The number of aliphatic hydroxyl groups excluding tert-OH is 1. The highest BCUT2D eigenvalue weighted by Crippen LogP contribution is 2.33. The Hall–Kier alpha value is -2.73. The van der Waals surface area contributed by atoms with Crippen molar-refractivity contribution in [3.8, 4) is 11.3 Å². The normalized spacial score (nSPS) is 16.4. The van der Waals surface area contributed by atoms with Gasteiger partial charge in [-0.2, -0.15) is 4.98 Å². The molecular weight excluding hydrogens is 350 g/mol. The third kappa shape index (κ3) is 3.57. The highest BCUT2D eigenvalue weighted by Gasteiger charge is 2.20. The van der Waals surface area contributed by atoms with Crippen LogP contribution in [0.25, 0.3) is 11.3 Å². The van der Waals surface area contributed by atoms with Crippen molar-refractivity contribution >= 4 is 11.7 Å². The standard InChI is InChI=1S/C21H20F2N2O2/c1-12-19(14-5-7-15(8-6-14)20(22)23)27-21(24-12)25-18-4-2-3-13-9-10-16(26)11-17(13)18/h2-8,16,20,26H,9-11H2,1H3,(H,24,25)/t16-/m1/s1. The van der Waals surface area contributed by atoms with E-state index in [1.807, 2.05) is 19.1 Å². The lowest BCUT2D eigenvalue weighted by molar-refractivity contribution is 0.151. The molecule has 0 amide bonds. The minimum Gasteiger partial charge on any atom is -0.423 e. The van der Waals surface area contributed by atoms with E-state index in [0.717, 1.165) is 24.1 Å². The van der Waals surface area contributed by atoms with E-state index in [9.17, 15) is 13.9 Å². The van der Waals surface area contributed by atoms with Gasteiger partial charge in [-0.3, -0.25) is 0 Å². The largest absolute Gasteiger partial charge is 0.423 e. The van der Waals surface area contributed by atoms with E-state index in [-0.39, 0.29) is 11.7 Å². The molecule has 140 valence electrons. The van der Waals surface area contributed by atoms with Gasteiger partial charge in [0.1, 0.15) is 0 Å². The Bertz CT molecular complexity index is 951. The first-order valence-electron chi connectivity index (χ1n) is 8.93. The molecule has 4 rings (SSSR count). The molecule has 1 aliphatic rings. The molecule has 0 fully saturated rings. The van der Waals surface area contributed by atoms with Gasteiger partial charge in [0.2, 0.25) is 0 Å². The molecular formula is C21H20F2N2O2. The SMILES string of the molecule is Cc1nc(Nc2cccc3c2C[C@H](O)CC3)oc1-c1ccc(C(F)F)cc1. The fourth-order valence-electron chi connectivity index (χ4n) is 3.50. The van der Waals surface area contributed by atoms with Crippen molar-refractivity contribution in [2.75, 3.05) is 5.32 Å². The third-order valence-electron chi connectivity index (χ3n) is 4.92. The van der Waals surface area contributed by atoms with Gasteiger partial charge in [0.05, 0.1) is 11.8 Å². The number of rotatable bonds is 4. The van der Waals surface area contributed by atoms with E-state index in [1.54, 1.807) is 12.1 Å². The predicted molar refractivity (Wildman–Crippen MR) is 99.4 cm³/mol. The van der Waals surface area contributed by atoms with Crippen LogP contribution in [0, 0.1) is 6.92 Å². The molecule has 1 heterocycles. The predicted octanol–water partition coefficient (Wildman–Crippen LogP) is 5.18. The molecule has 0 saturated heterocycles. The van der Waals surface area contributed by atoms with E-state index in [4.69, 9.17) is 4.42 Å². The number of aryl methyl sites for hydroxylation is 2. The molecule has 0 saturated carbocycles. The summed E-state index contributed by atoms with van der Waals surface area (Å²) in [7, 11) is 0. The molecule has 2 aromatic carbocycles. The van der Waals surface area contributed by atoms with E-state index < -0.39 is 6.43 Å². The summed E-state index contributed by atoms with van der Waals surface area (Å²) in [5, 5.41) is 13.2. The average molecular weight is 370 g/mol. The number of aromatic nitrogens is 1. The van der Waals surface area contributed by atoms with Crippen LogP contribution in [0.15, 0.2) is 46.9 Å². The van der Waals surface area contributed by atoms with Gasteiger partial charge in [0, 0.05) is 23.2 Å². The monoisotopic (exact) mass is 370 g/mol. The van der Waals surface area contributed by atoms with E-state index in [0.29, 0.717) is 29.5 Å². The van der Waals surface area contributed by atoms with Crippen LogP contribution in [0.5, 0.6) is 0 Å². The lowest BCUT2D eigenvalue weighted by Crippen LogP contribution is -2.19. The maximum absolute atomic E-state index is 12.7. The van der Waals surface area contributed by atoms with Crippen LogP contribution in [-0.4, -0.2) is 16.2 Å². The summed E-state index contributed by atoms with van der Waals surface area (Å²) in [6.45, 7) is 1.81. The van der Waals surface area contributed by atoms with Gasteiger partial charge in [0.15, 0.2) is 5.76 Å². The van der Waals surface area contributed by atoms with Gasteiger partial charge in [-0.25, -0.2) is 8.78 Å². The zero-order valence-corrected chi connectivity index (χ0v) is 14.9. The quantitative estimate of drug-likeness (QED) is 0.664. The molecule has 3 aromatic rings. The number of hydrogen-bond donors (Lipinski definition) is 2. The van der Waals surface area contributed by atoms with Crippen molar-refractivity contribution in [2.24, 2.45) is 0 Å². The fourth-order valence-corrected chi connectivity index (χ4v) is 3.50. The molecule has 4 nitrogen and oxygen atoms in total. The van der Waals surface area contributed by atoms with E-state index in [1.165, 1.54) is 17.7 Å². The lowest BCUT2D eigenvalue weighted by atomic mass is 9.88. The molecule has 27 heavy (non-hydrogen) atoms. The van der Waals surface area contributed by atoms with E-state index in [2.05, 4.69) is 16.4 Å². The first kappa shape index (κ1) is 17.7. The summed E-state index contributed by atoms with van der Waals surface area (Å²) in [4.78, 5) is 4.42. The molecule has 0 radical (unpaired) electrons. The Kier molecular flexibility index (Phi) is 4.66. The maximum Gasteiger partial charge on any atom is 0.299 e. The van der Waals surface area contributed by atoms with Crippen molar-refractivity contribution < 1.29 is 18.3 Å². The number of alkyl halides is 2. The van der Waals surface area contributed by atoms with Crippen molar-refractivity contribution in [1.29, 1.82) is 0 Å². The number of anilines is 2. The number of halogens is 2. The molecule has 1 aromatic heterocycles. The molecule has 0 spiro atoms. The van der Waals surface area contributed by atoms with Crippen LogP contribution in [0.2, 0.25) is 0 Å². The number of nitrogens with one attached hydrogen (secondary N) is 1. The van der Waals surface area contributed by atoms with Crippen LogP contribution < -0.4 is 5.32 Å². The number of aliphatic hydroxyl groups is 1. The first-order valence-corrected chi connectivity index (χ1v) is 8.93. The third-order valence-corrected chi connectivity index (χ3v) is 4.92. The van der Waals surface area contributed by atoms with Crippen LogP contribution >= 0.6 is 0 Å². The van der Waals surface area contributed by atoms with Crippen molar-refractivity contribution in [3.05, 3.63) is 64.8 Å². The first-order chi connectivity index (χ1) is 13.0. The van der Waals surface area contributed by atoms with Gasteiger partial charge in [-0.1, -0.05) is 36.4 Å². The lowest BCUT2D eigenvalue weighted by Gasteiger charge is -2.23. The summed E-state index contributed by atoms with van der Waals surface area (Å²) < 4.78 is 31.3. The Labute approximate surface area is 155 Å². The summed E-state index contributed by atoms with van der Waals surface area (Å²) in [6.07, 6.45) is -0.617. The second kappa shape index (κ2) is 7.12. The topological polar surface area (TPSA) is 58.3 Å². The van der Waals surface area contributed by atoms with Crippen LogP contribution in [0.4, 0.5) is 20.5 Å². The van der Waals surface area contributed by atoms with Crippen molar-refractivity contribution in [2.45, 2.75) is 38.7 Å². The van der Waals surface area contributed by atoms with Gasteiger partial charge < -0.3 is 14.8 Å². The molecule has 2 N–H and O–H groups in total.